The van der Waals surface area contributed by atoms with E-state index in [4.69, 9.17) is 4.42 Å². The maximum Gasteiger partial charge on any atom is 0.226 e. The van der Waals surface area contributed by atoms with Gasteiger partial charge in [-0.25, -0.2) is 0 Å². The third kappa shape index (κ3) is 2.42. The highest BCUT2D eigenvalue weighted by molar-refractivity contribution is 5.80. The molecular weight excluding hydrogens is 264 g/mol. The van der Waals surface area contributed by atoms with Crippen LogP contribution >= 0.6 is 0 Å². The van der Waals surface area contributed by atoms with Crippen molar-refractivity contribution in [2.75, 3.05) is 26.2 Å². The van der Waals surface area contributed by atoms with Gasteiger partial charge in [-0.2, -0.15) is 0 Å². The summed E-state index contributed by atoms with van der Waals surface area (Å²) in [6.45, 7) is 5.15. The van der Waals surface area contributed by atoms with Crippen LogP contribution in [-0.4, -0.2) is 41.9 Å². The molecule has 0 bridgehead atoms. The van der Waals surface area contributed by atoms with E-state index in [2.05, 4.69) is 22.0 Å². The summed E-state index contributed by atoms with van der Waals surface area (Å²) in [5.41, 5.74) is 1.61. The number of allylic oxidation sites excluding steroid dienone is 2. The maximum atomic E-state index is 12.4. The van der Waals surface area contributed by atoms with Crippen molar-refractivity contribution >= 4 is 5.91 Å². The predicted molar refractivity (Wildman–Crippen MR) is 79.5 cm³/mol. The van der Waals surface area contributed by atoms with Crippen molar-refractivity contribution in [3.05, 3.63) is 36.3 Å². The fourth-order valence-corrected chi connectivity index (χ4v) is 4.06. The Balaban J connectivity index is 1.29. The van der Waals surface area contributed by atoms with E-state index in [1.807, 2.05) is 12.3 Å². The molecule has 1 aromatic rings. The zero-order valence-electron chi connectivity index (χ0n) is 12.3. The van der Waals surface area contributed by atoms with E-state index in [9.17, 15) is 4.79 Å². The molecule has 112 valence electrons. The monoisotopic (exact) mass is 286 g/mol. The fourth-order valence-electron chi connectivity index (χ4n) is 4.06. The van der Waals surface area contributed by atoms with E-state index >= 15 is 0 Å². The van der Waals surface area contributed by atoms with E-state index in [0.717, 1.165) is 45.6 Å². The maximum absolute atomic E-state index is 12.4. The van der Waals surface area contributed by atoms with Crippen LogP contribution < -0.4 is 0 Å². The number of amides is 1. The van der Waals surface area contributed by atoms with Crippen molar-refractivity contribution in [3.63, 3.8) is 0 Å². The Morgan fingerprint density at radius 1 is 1.29 bits per heavy atom. The molecule has 2 aliphatic heterocycles. The molecule has 0 N–H and O–H groups in total. The minimum absolute atomic E-state index is 0.228. The SMILES string of the molecule is O=C(C1CC=CC1)N1CC2(CCN(Cc3ccoc3)C2)C1. The Labute approximate surface area is 125 Å². The number of carbonyl (C=O) groups excluding carboxylic acids is 1. The molecule has 3 aliphatic rings. The zero-order chi connectivity index (χ0) is 14.3. The van der Waals surface area contributed by atoms with E-state index in [-0.39, 0.29) is 5.92 Å². The first-order chi connectivity index (χ1) is 10.2. The molecule has 1 amide bonds. The van der Waals surface area contributed by atoms with Crippen LogP contribution in [0.3, 0.4) is 0 Å². The van der Waals surface area contributed by atoms with E-state index < -0.39 is 0 Å². The van der Waals surface area contributed by atoms with Gasteiger partial charge >= 0.3 is 0 Å². The summed E-state index contributed by atoms with van der Waals surface area (Å²) in [5, 5.41) is 0. The first-order valence-corrected chi connectivity index (χ1v) is 7.91. The Morgan fingerprint density at radius 3 is 2.81 bits per heavy atom. The average molecular weight is 286 g/mol. The van der Waals surface area contributed by atoms with Crippen LogP contribution in [-0.2, 0) is 11.3 Å². The summed E-state index contributed by atoms with van der Waals surface area (Å²) in [7, 11) is 0. The summed E-state index contributed by atoms with van der Waals surface area (Å²) in [4.78, 5) is 16.9. The molecule has 21 heavy (non-hydrogen) atoms. The Kier molecular flexibility index (Phi) is 3.14. The Bertz CT molecular complexity index is 535. The summed E-state index contributed by atoms with van der Waals surface area (Å²) < 4.78 is 5.14. The average Bonchev–Trinajstić information content (AvgIpc) is 3.18. The quantitative estimate of drug-likeness (QED) is 0.800. The molecule has 0 radical (unpaired) electrons. The first-order valence-electron chi connectivity index (χ1n) is 7.91. The molecule has 0 atom stereocenters. The number of hydrogen-bond donors (Lipinski definition) is 0. The van der Waals surface area contributed by atoms with E-state index in [0.29, 0.717) is 11.3 Å². The highest BCUT2D eigenvalue weighted by atomic mass is 16.3. The second kappa shape index (κ2) is 5.02. The molecule has 4 rings (SSSR count). The fraction of sp³-hybridized carbons (Fsp3) is 0.588. The van der Waals surface area contributed by atoms with Crippen LogP contribution in [0.2, 0.25) is 0 Å². The number of nitrogens with zero attached hydrogens (tertiary/aromatic N) is 2. The first kappa shape index (κ1) is 13.1. The molecule has 3 heterocycles. The minimum Gasteiger partial charge on any atom is -0.472 e. The molecule has 2 saturated heterocycles. The van der Waals surface area contributed by atoms with Gasteiger partial charge in [0.05, 0.1) is 12.5 Å². The third-order valence-corrected chi connectivity index (χ3v) is 5.22. The van der Waals surface area contributed by atoms with Crippen molar-refractivity contribution in [1.82, 2.24) is 9.80 Å². The molecular formula is C17H22N2O2. The van der Waals surface area contributed by atoms with Crippen molar-refractivity contribution in [2.45, 2.75) is 25.8 Å². The van der Waals surface area contributed by atoms with Gasteiger partial charge < -0.3 is 9.32 Å². The summed E-state index contributed by atoms with van der Waals surface area (Å²) in [6.07, 6.45) is 10.9. The smallest absolute Gasteiger partial charge is 0.226 e. The van der Waals surface area contributed by atoms with Gasteiger partial charge in [0, 0.05) is 43.1 Å². The highest BCUT2D eigenvalue weighted by Crippen LogP contribution is 2.41. The molecule has 0 aromatic carbocycles. The summed E-state index contributed by atoms with van der Waals surface area (Å²) in [6, 6.07) is 2.04. The molecule has 1 spiro atoms. The molecule has 4 nitrogen and oxygen atoms in total. The molecule has 4 heteroatoms. The van der Waals surface area contributed by atoms with E-state index in [1.165, 1.54) is 12.0 Å². The van der Waals surface area contributed by atoms with Crippen LogP contribution in [0.1, 0.15) is 24.8 Å². The van der Waals surface area contributed by atoms with Crippen LogP contribution in [0, 0.1) is 11.3 Å². The molecule has 0 saturated carbocycles. The number of likely N-dealkylation sites (tertiary alicyclic amines) is 2. The Hall–Kier alpha value is -1.55. The van der Waals surface area contributed by atoms with Gasteiger partial charge in [-0.3, -0.25) is 9.69 Å². The van der Waals surface area contributed by atoms with Gasteiger partial charge in [0.2, 0.25) is 5.91 Å². The van der Waals surface area contributed by atoms with Crippen LogP contribution in [0.15, 0.2) is 35.2 Å². The lowest BCUT2D eigenvalue weighted by molar-refractivity contribution is -0.146. The highest BCUT2D eigenvalue weighted by Gasteiger charge is 2.49. The molecule has 2 fully saturated rings. The van der Waals surface area contributed by atoms with Crippen LogP contribution in [0.4, 0.5) is 0 Å². The van der Waals surface area contributed by atoms with Crippen LogP contribution in [0.5, 0.6) is 0 Å². The second-order valence-corrected chi connectivity index (χ2v) is 6.93. The number of carbonyl (C=O) groups is 1. The predicted octanol–water partition coefficient (Wildman–Crippen LogP) is 2.28. The van der Waals surface area contributed by atoms with E-state index in [1.54, 1.807) is 6.26 Å². The van der Waals surface area contributed by atoms with Gasteiger partial charge in [-0.1, -0.05) is 12.2 Å². The summed E-state index contributed by atoms with van der Waals surface area (Å²) >= 11 is 0. The lowest BCUT2D eigenvalue weighted by Gasteiger charge is -2.49. The van der Waals surface area contributed by atoms with Gasteiger partial charge in [-0.15, -0.1) is 0 Å². The van der Waals surface area contributed by atoms with Crippen molar-refractivity contribution in [2.24, 2.45) is 11.3 Å². The normalized spacial score (nSPS) is 24.9. The van der Waals surface area contributed by atoms with Gasteiger partial charge in [0.1, 0.15) is 0 Å². The van der Waals surface area contributed by atoms with Gasteiger partial charge in [0.25, 0.3) is 0 Å². The third-order valence-electron chi connectivity index (χ3n) is 5.22. The Morgan fingerprint density at radius 2 is 2.10 bits per heavy atom. The van der Waals surface area contributed by atoms with Crippen molar-refractivity contribution in [1.29, 1.82) is 0 Å². The minimum atomic E-state index is 0.228. The number of rotatable bonds is 3. The number of hydrogen-bond acceptors (Lipinski definition) is 3. The van der Waals surface area contributed by atoms with Gasteiger partial charge in [-0.05, 0) is 31.9 Å². The van der Waals surface area contributed by atoms with Crippen molar-refractivity contribution < 1.29 is 9.21 Å². The topological polar surface area (TPSA) is 36.7 Å². The molecule has 0 unspecified atom stereocenters. The standard InChI is InChI=1S/C17H22N2O2/c20-16(15-3-1-2-4-15)19-12-17(13-19)6-7-18(11-17)9-14-5-8-21-10-14/h1-2,5,8,10,15H,3-4,6-7,9,11-13H2. The second-order valence-electron chi connectivity index (χ2n) is 6.93. The zero-order valence-corrected chi connectivity index (χ0v) is 12.3. The van der Waals surface area contributed by atoms with Gasteiger partial charge in [0.15, 0.2) is 0 Å². The lowest BCUT2D eigenvalue weighted by Crippen LogP contribution is -2.60. The van der Waals surface area contributed by atoms with Crippen molar-refractivity contribution in [3.8, 4) is 0 Å². The lowest BCUT2D eigenvalue weighted by atomic mass is 9.78. The van der Waals surface area contributed by atoms with Crippen LogP contribution in [0.25, 0.3) is 0 Å². The summed E-state index contributed by atoms with van der Waals surface area (Å²) in [5.74, 6) is 0.602. The molecule has 1 aliphatic carbocycles. The largest absolute Gasteiger partial charge is 0.472 e. The number of furan rings is 1. The molecule has 1 aromatic heterocycles.